The molecule has 66 valence electrons. The Hall–Kier alpha value is -0.800. The molecule has 0 aliphatic carbocycles. The fraction of sp³-hybridized carbons (Fsp3) is 0.143. The maximum absolute atomic E-state index is 10.5. The van der Waals surface area contributed by atoms with Crippen LogP contribution in [0.1, 0.15) is 6.92 Å². The van der Waals surface area contributed by atoms with E-state index in [2.05, 4.69) is 0 Å². The van der Waals surface area contributed by atoms with E-state index in [-0.39, 0.29) is 10.8 Å². The highest BCUT2D eigenvalue weighted by Crippen LogP contribution is 2.06. The minimum atomic E-state index is -1.26. The first kappa shape index (κ1) is 11.2. The van der Waals surface area contributed by atoms with Gasteiger partial charge in [-0.25, -0.2) is 4.79 Å². The molecule has 0 saturated heterocycles. The molecule has 0 aromatic carbocycles. The van der Waals surface area contributed by atoms with Crippen molar-refractivity contribution in [3.05, 3.63) is 22.2 Å². The number of halogens is 2. The predicted molar refractivity (Wildman–Crippen MR) is 46.2 cm³/mol. The molecular weight excluding hydrogens is 203 g/mol. The quantitative estimate of drug-likeness (QED) is 0.570. The lowest BCUT2D eigenvalue weighted by atomic mass is 10.3. The van der Waals surface area contributed by atoms with Crippen LogP contribution in [0.15, 0.2) is 22.2 Å². The first-order chi connectivity index (χ1) is 5.45. The summed E-state index contributed by atoms with van der Waals surface area (Å²) >= 11 is 10.6. The Kier molecular flexibility index (Phi) is 4.62. The number of ketones is 1. The van der Waals surface area contributed by atoms with Crippen molar-refractivity contribution in [3.63, 3.8) is 0 Å². The zero-order valence-corrected chi connectivity index (χ0v) is 7.69. The first-order valence-corrected chi connectivity index (χ1v) is 3.68. The molecule has 0 heterocycles. The second kappa shape index (κ2) is 4.95. The van der Waals surface area contributed by atoms with Crippen LogP contribution in [0.3, 0.4) is 0 Å². The van der Waals surface area contributed by atoms with E-state index < -0.39 is 11.0 Å². The second-order valence-electron chi connectivity index (χ2n) is 1.89. The van der Waals surface area contributed by atoms with Crippen molar-refractivity contribution in [3.8, 4) is 0 Å². The van der Waals surface area contributed by atoms with Crippen LogP contribution in [0, 0.1) is 0 Å². The largest absolute Gasteiger partial charge is 0.477 e. The van der Waals surface area contributed by atoms with Gasteiger partial charge in [-0.1, -0.05) is 23.2 Å². The van der Waals surface area contributed by atoms with E-state index in [9.17, 15) is 9.59 Å². The van der Waals surface area contributed by atoms with Crippen LogP contribution in [0.2, 0.25) is 0 Å². The highest BCUT2D eigenvalue weighted by molar-refractivity contribution is 6.43. The van der Waals surface area contributed by atoms with Crippen LogP contribution >= 0.6 is 23.2 Å². The molecular formula is C7H6Cl2O3. The molecule has 0 aromatic rings. The standard InChI is InChI=1S/C7H6Cl2O3/c1-4(10)5(8)2-3-6(9)7(11)12/h2-3H,1H3,(H,11,12). The molecule has 0 unspecified atom stereocenters. The Labute approximate surface area is 79.3 Å². The molecule has 3 nitrogen and oxygen atoms in total. The smallest absolute Gasteiger partial charge is 0.347 e. The monoisotopic (exact) mass is 208 g/mol. The number of carbonyl (C=O) groups excluding carboxylic acids is 1. The van der Waals surface area contributed by atoms with E-state index in [1.165, 1.54) is 6.92 Å². The van der Waals surface area contributed by atoms with Crippen molar-refractivity contribution in [2.24, 2.45) is 0 Å². The molecule has 0 bridgehead atoms. The lowest BCUT2D eigenvalue weighted by Gasteiger charge is -1.88. The summed E-state index contributed by atoms with van der Waals surface area (Å²) in [5.41, 5.74) is 0. The molecule has 12 heavy (non-hydrogen) atoms. The molecule has 0 aliphatic rings. The fourth-order valence-corrected chi connectivity index (χ4v) is 0.461. The van der Waals surface area contributed by atoms with Crippen LogP contribution in [0.4, 0.5) is 0 Å². The Bertz CT molecular complexity index is 238. The summed E-state index contributed by atoms with van der Waals surface area (Å²) in [5.74, 6) is -1.61. The van der Waals surface area contributed by atoms with Gasteiger partial charge in [0.15, 0.2) is 5.78 Å². The van der Waals surface area contributed by atoms with E-state index in [0.717, 1.165) is 12.2 Å². The van der Waals surface area contributed by atoms with Gasteiger partial charge in [-0.3, -0.25) is 4.79 Å². The summed E-state index contributed by atoms with van der Waals surface area (Å²) in [6, 6.07) is 0. The van der Waals surface area contributed by atoms with Gasteiger partial charge >= 0.3 is 5.97 Å². The van der Waals surface area contributed by atoms with E-state index in [0.29, 0.717) is 0 Å². The predicted octanol–water partition coefficient (Wildman–Crippen LogP) is 1.91. The highest BCUT2D eigenvalue weighted by Gasteiger charge is 2.01. The van der Waals surface area contributed by atoms with Crippen molar-refractivity contribution >= 4 is 35.0 Å². The number of allylic oxidation sites excluding steroid dienone is 3. The molecule has 0 atom stereocenters. The van der Waals surface area contributed by atoms with Crippen molar-refractivity contribution in [2.75, 3.05) is 0 Å². The third-order valence-corrected chi connectivity index (χ3v) is 1.60. The molecule has 0 saturated carbocycles. The Morgan fingerprint density at radius 1 is 1.17 bits per heavy atom. The Morgan fingerprint density at radius 2 is 1.58 bits per heavy atom. The number of carbonyl (C=O) groups is 2. The van der Waals surface area contributed by atoms with Crippen LogP contribution in [-0.4, -0.2) is 16.9 Å². The summed E-state index contributed by atoms with van der Waals surface area (Å²) in [6.07, 6.45) is 2.19. The molecule has 0 spiro atoms. The Morgan fingerprint density at radius 3 is 1.92 bits per heavy atom. The van der Waals surface area contributed by atoms with Crippen LogP contribution in [-0.2, 0) is 9.59 Å². The zero-order valence-electron chi connectivity index (χ0n) is 6.17. The van der Waals surface area contributed by atoms with Crippen molar-refractivity contribution in [1.82, 2.24) is 0 Å². The minimum absolute atomic E-state index is 0.0607. The third-order valence-electron chi connectivity index (χ3n) is 0.917. The van der Waals surface area contributed by atoms with Gasteiger partial charge in [0.2, 0.25) is 0 Å². The third kappa shape index (κ3) is 4.16. The van der Waals surface area contributed by atoms with Gasteiger partial charge in [0.05, 0.1) is 5.03 Å². The molecule has 1 N–H and O–H groups in total. The maximum Gasteiger partial charge on any atom is 0.347 e. The minimum Gasteiger partial charge on any atom is -0.477 e. The van der Waals surface area contributed by atoms with Crippen LogP contribution < -0.4 is 0 Å². The molecule has 5 heteroatoms. The van der Waals surface area contributed by atoms with E-state index in [1.807, 2.05) is 0 Å². The highest BCUT2D eigenvalue weighted by atomic mass is 35.5. The van der Waals surface area contributed by atoms with Crippen molar-refractivity contribution in [1.29, 1.82) is 0 Å². The number of Topliss-reactive ketones (excluding diaryl/α,β-unsaturated/α-hetero) is 1. The SMILES string of the molecule is CC(=O)C(Cl)=CC=C(Cl)C(=O)O. The number of carboxylic acids is 1. The fourth-order valence-electron chi connectivity index (χ4n) is 0.335. The summed E-state index contributed by atoms with van der Waals surface area (Å²) in [5, 5.41) is 7.82. The molecule has 0 aliphatic heterocycles. The van der Waals surface area contributed by atoms with Gasteiger partial charge in [-0.2, -0.15) is 0 Å². The van der Waals surface area contributed by atoms with E-state index in [4.69, 9.17) is 28.3 Å². The van der Waals surface area contributed by atoms with Gasteiger partial charge in [-0.05, 0) is 12.2 Å². The second-order valence-corrected chi connectivity index (χ2v) is 2.70. The van der Waals surface area contributed by atoms with Crippen LogP contribution in [0.5, 0.6) is 0 Å². The number of hydrogen-bond acceptors (Lipinski definition) is 2. The van der Waals surface area contributed by atoms with Gasteiger partial charge in [0.1, 0.15) is 5.03 Å². The zero-order chi connectivity index (χ0) is 9.72. The number of aliphatic carboxylic acids is 1. The topological polar surface area (TPSA) is 54.4 Å². The summed E-state index contributed by atoms with van der Waals surface area (Å²) < 4.78 is 0. The molecule has 0 rings (SSSR count). The summed E-state index contributed by atoms with van der Waals surface area (Å²) in [7, 11) is 0. The van der Waals surface area contributed by atoms with Crippen molar-refractivity contribution in [2.45, 2.75) is 6.92 Å². The molecule has 0 amide bonds. The molecule has 0 radical (unpaired) electrons. The average Bonchev–Trinajstić information content (AvgIpc) is 1.98. The van der Waals surface area contributed by atoms with E-state index in [1.54, 1.807) is 0 Å². The van der Waals surface area contributed by atoms with Gasteiger partial charge in [-0.15, -0.1) is 0 Å². The normalized spacial score (nSPS) is 12.9. The molecule has 0 fully saturated rings. The van der Waals surface area contributed by atoms with Crippen molar-refractivity contribution < 1.29 is 14.7 Å². The van der Waals surface area contributed by atoms with Crippen LogP contribution in [0.25, 0.3) is 0 Å². The Balaban J connectivity index is 4.48. The molecule has 0 aromatic heterocycles. The lowest BCUT2D eigenvalue weighted by Crippen LogP contribution is -1.93. The lowest BCUT2D eigenvalue weighted by molar-refractivity contribution is -0.131. The van der Waals surface area contributed by atoms with E-state index >= 15 is 0 Å². The number of rotatable bonds is 3. The first-order valence-electron chi connectivity index (χ1n) is 2.92. The number of hydrogen-bond donors (Lipinski definition) is 1. The summed E-state index contributed by atoms with van der Waals surface area (Å²) in [6.45, 7) is 1.27. The van der Waals surface area contributed by atoms with Gasteiger partial charge < -0.3 is 5.11 Å². The van der Waals surface area contributed by atoms with Gasteiger partial charge in [0.25, 0.3) is 0 Å². The average molecular weight is 209 g/mol. The maximum atomic E-state index is 10.5. The van der Waals surface area contributed by atoms with Gasteiger partial charge in [0, 0.05) is 6.92 Å². The summed E-state index contributed by atoms with van der Waals surface area (Å²) in [4.78, 5) is 20.6. The number of carboxylic acid groups (broad SMARTS) is 1.